The summed E-state index contributed by atoms with van der Waals surface area (Å²) in [5.41, 5.74) is 6.57. The van der Waals surface area contributed by atoms with Crippen molar-refractivity contribution in [3.8, 4) is 0 Å². The van der Waals surface area contributed by atoms with Crippen molar-refractivity contribution in [2.75, 3.05) is 5.43 Å². The molecule has 1 amide bonds. The van der Waals surface area contributed by atoms with Gasteiger partial charge in [0.1, 0.15) is 0 Å². The van der Waals surface area contributed by atoms with E-state index in [0.717, 1.165) is 5.69 Å². The number of hydrogen-bond acceptors (Lipinski definition) is 2. The highest BCUT2D eigenvalue weighted by molar-refractivity contribution is 5.77. The number of anilines is 1. The molecule has 2 N–H and O–H groups in total. The Morgan fingerprint density at radius 1 is 1.19 bits per heavy atom. The number of rotatable bonds is 4. The molecule has 0 bridgehead atoms. The quantitative estimate of drug-likeness (QED) is 0.763. The van der Waals surface area contributed by atoms with Gasteiger partial charge in [-0.15, -0.1) is 0 Å². The third-order valence-electron chi connectivity index (χ3n) is 3.07. The van der Waals surface area contributed by atoms with Gasteiger partial charge in [-0.05, 0) is 30.9 Å². The van der Waals surface area contributed by atoms with Crippen LogP contribution in [0.3, 0.4) is 0 Å². The third kappa shape index (κ3) is 3.26. The predicted molar refractivity (Wildman–Crippen MR) is 64.8 cm³/mol. The lowest BCUT2D eigenvalue weighted by atomic mass is 10.0. The first kappa shape index (κ1) is 11.0. The van der Waals surface area contributed by atoms with Crippen molar-refractivity contribution in [1.82, 2.24) is 5.43 Å². The van der Waals surface area contributed by atoms with E-state index in [1.54, 1.807) is 0 Å². The van der Waals surface area contributed by atoms with Crippen LogP contribution in [-0.4, -0.2) is 5.91 Å². The monoisotopic (exact) mass is 218 g/mol. The van der Waals surface area contributed by atoms with Crippen LogP contribution in [0.5, 0.6) is 0 Å². The summed E-state index contributed by atoms with van der Waals surface area (Å²) >= 11 is 0. The second-order valence-electron chi connectivity index (χ2n) is 4.39. The molecule has 1 saturated carbocycles. The fourth-order valence-corrected chi connectivity index (χ4v) is 2.19. The van der Waals surface area contributed by atoms with Gasteiger partial charge in [0.05, 0.1) is 5.69 Å². The molecule has 0 saturated heterocycles. The van der Waals surface area contributed by atoms with E-state index >= 15 is 0 Å². The van der Waals surface area contributed by atoms with Crippen LogP contribution in [0.25, 0.3) is 0 Å². The maximum atomic E-state index is 11.6. The largest absolute Gasteiger partial charge is 0.299 e. The fraction of sp³-hybridized carbons (Fsp3) is 0.462. The molecule has 0 spiro atoms. The molecule has 3 nitrogen and oxygen atoms in total. The Bertz CT molecular complexity index is 331. The minimum absolute atomic E-state index is 0.0933. The Kier molecular flexibility index (Phi) is 3.81. The maximum Gasteiger partial charge on any atom is 0.238 e. The number of nitrogens with one attached hydrogen (secondary N) is 2. The lowest BCUT2D eigenvalue weighted by Crippen LogP contribution is -2.30. The summed E-state index contributed by atoms with van der Waals surface area (Å²) in [4.78, 5) is 11.6. The Hall–Kier alpha value is -1.51. The normalized spacial score (nSPS) is 16.0. The van der Waals surface area contributed by atoms with Crippen molar-refractivity contribution in [3.05, 3.63) is 30.3 Å². The van der Waals surface area contributed by atoms with Gasteiger partial charge < -0.3 is 0 Å². The number of amides is 1. The van der Waals surface area contributed by atoms with E-state index in [1.807, 2.05) is 30.3 Å². The second-order valence-corrected chi connectivity index (χ2v) is 4.39. The SMILES string of the molecule is O=C(CC1CCCC1)NNc1ccccc1. The molecule has 0 unspecified atom stereocenters. The topological polar surface area (TPSA) is 41.1 Å². The van der Waals surface area contributed by atoms with Crippen LogP contribution >= 0.6 is 0 Å². The van der Waals surface area contributed by atoms with Crippen LogP contribution in [0.4, 0.5) is 5.69 Å². The molecule has 0 atom stereocenters. The van der Waals surface area contributed by atoms with Crippen LogP contribution in [0.15, 0.2) is 30.3 Å². The standard InChI is InChI=1S/C13H18N2O/c16-13(10-11-6-4-5-7-11)15-14-12-8-2-1-3-9-12/h1-3,8-9,11,14H,4-7,10H2,(H,15,16). The second kappa shape index (κ2) is 5.54. The zero-order chi connectivity index (χ0) is 11.2. The Morgan fingerprint density at radius 3 is 2.56 bits per heavy atom. The van der Waals surface area contributed by atoms with Crippen LogP contribution in [0.1, 0.15) is 32.1 Å². The minimum Gasteiger partial charge on any atom is -0.299 e. The summed E-state index contributed by atoms with van der Waals surface area (Å²) in [6.07, 6.45) is 5.63. The molecule has 0 aromatic heterocycles. The molecule has 0 aliphatic heterocycles. The number of carbonyl (C=O) groups excluding carboxylic acids is 1. The molecule has 16 heavy (non-hydrogen) atoms. The van der Waals surface area contributed by atoms with Gasteiger partial charge in [0.25, 0.3) is 0 Å². The summed E-state index contributed by atoms with van der Waals surface area (Å²) in [5, 5.41) is 0. The zero-order valence-electron chi connectivity index (χ0n) is 9.41. The van der Waals surface area contributed by atoms with Crippen molar-refractivity contribution in [1.29, 1.82) is 0 Å². The van der Waals surface area contributed by atoms with Gasteiger partial charge in [-0.1, -0.05) is 31.0 Å². The summed E-state index contributed by atoms with van der Waals surface area (Å²) in [5.74, 6) is 0.688. The number of carbonyl (C=O) groups is 1. The lowest BCUT2D eigenvalue weighted by Gasteiger charge is -2.11. The molecule has 3 heteroatoms. The van der Waals surface area contributed by atoms with Gasteiger partial charge in [0.15, 0.2) is 0 Å². The first-order valence-electron chi connectivity index (χ1n) is 5.94. The van der Waals surface area contributed by atoms with Gasteiger partial charge in [-0.3, -0.25) is 15.6 Å². The number of benzene rings is 1. The molecular weight excluding hydrogens is 200 g/mol. The van der Waals surface area contributed by atoms with E-state index in [2.05, 4.69) is 10.9 Å². The third-order valence-corrected chi connectivity index (χ3v) is 3.07. The molecule has 1 aromatic carbocycles. The molecule has 86 valence electrons. The van der Waals surface area contributed by atoms with E-state index < -0.39 is 0 Å². The summed E-state index contributed by atoms with van der Waals surface area (Å²) in [6.45, 7) is 0. The summed E-state index contributed by atoms with van der Waals surface area (Å²) in [7, 11) is 0. The molecule has 1 aliphatic carbocycles. The Morgan fingerprint density at radius 2 is 1.88 bits per heavy atom. The minimum atomic E-state index is 0.0933. The van der Waals surface area contributed by atoms with Crippen LogP contribution in [0.2, 0.25) is 0 Å². The number of hydrogen-bond donors (Lipinski definition) is 2. The molecular formula is C13H18N2O. The number of para-hydroxylation sites is 1. The number of hydrazine groups is 1. The highest BCUT2D eigenvalue weighted by Gasteiger charge is 2.17. The summed E-state index contributed by atoms with van der Waals surface area (Å²) in [6, 6.07) is 9.67. The summed E-state index contributed by atoms with van der Waals surface area (Å²) < 4.78 is 0. The van der Waals surface area contributed by atoms with Crippen molar-refractivity contribution in [2.45, 2.75) is 32.1 Å². The van der Waals surface area contributed by atoms with E-state index in [0.29, 0.717) is 12.3 Å². The average molecular weight is 218 g/mol. The smallest absolute Gasteiger partial charge is 0.238 e. The molecule has 2 rings (SSSR count). The fourth-order valence-electron chi connectivity index (χ4n) is 2.19. The Labute approximate surface area is 96.2 Å². The predicted octanol–water partition coefficient (Wildman–Crippen LogP) is 2.71. The van der Waals surface area contributed by atoms with Gasteiger partial charge >= 0.3 is 0 Å². The zero-order valence-corrected chi connectivity index (χ0v) is 9.41. The first-order valence-corrected chi connectivity index (χ1v) is 5.94. The van der Waals surface area contributed by atoms with Crippen LogP contribution < -0.4 is 10.9 Å². The lowest BCUT2D eigenvalue weighted by molar-refractivity contribution is -0.121. The van der Waals surface area contributed by atoms with E-state index in [-0.39, 0.29) is 5.91 Å². The van der Waals surface area contributed by atoms with Crippen molar-refractivity contribution in [2.24, 2.45) is 5.92 Å². The maximum absolute atomic E-state index is 11.6. The Balaban J connectivity index is 1.71. The van der Waals surface area contributed by atoms with Crippen LogP contribution in [-0.2, 0) is 4.79 Å². The molecule has 0 radical (unpaired) electrons. The van der Waals surface area contributed by atoms with Crippen molar-refractivity contribution >= 4 is 11.6 Å². The van der Waals surface area contributed by atoms with Crippen molar-refractivity contribution < 1.29 is 4.79 Å². The molecule has 0 heterocycles. The van der Waals surface area contributed by atoms with Gasteiger partial charge in [-0.25, -0.2) is 0 Å². The van der Waals surface area contributed by atoms with Gasteiger partial charge in [-0.2, -0.15) is 0 Å². The van der Waals surface area contributed by atoms with E-state index in [1.165, 1.54) is 25.7 Å². The highest BCUT2D eigenvalue weighted by atomic mass is 16.2. The van der Waals surface area contributed by atoms with E-state index in [9.17, 15) is 4.79 Å². The van der Waals surface area contributed by atoms with Crippen molar-refractivity contribution in [3.63, 3.8) is 0 Å². The van der Waals surface area contributed by atoms with Gasteiger partial charge in [0.2, 0.25) is 5.91 Å². The molecule has 1 aliphatic rings. The highest BCUT2D eigenvalue weighted by Crippen LogP contribution is 2.27. The molecule has 1 fully saturated rings. The molecule has 1 aromatic rings. The average Bonchev–Trinajstić information content (AvgIpc) is 2.81. The van der Waals surface area contributed by atoms with Crippen LogP contribution in [0, 0.1) is 5.92 Å². The van der Waals surface area contributed by atoms with Gasteiger partial charge in [0, 0.05) is 6.42 Å². The first-order chi connectivity index (χ1) is 7.84. The van der Waals surface area contributed by atoms with E-state index in [4.69, 9.17) is 0 Å².